The molecule has 0 aromatic heterocycles. The molecule has 35 heavy (non-hydrogen) atoms. The molecular formula is C26H29N3O4S2. The van der Waals surface area contributed by atoms with E-state index >= 15 is 0 Å². The number of carbonyl (C=O) groups excluding carboxylic acids is 1. The summed E-state index contributed by atoms with van der Waals surface area (Å²) in [7, 11) is -3.53. The van der Waals surface area contributed by atoms with E-state index in [1.807, 2.05) is 18.2 Å². The van der Waals surface area contributed by atoms with Crippen molar-refractivity contribution in [2.75, 3.05) is 25.0 Å². The molecule has 3 rings (SSSR count). The molecule has 1 amide bonds. The lowest BCUT2D eigenvalue weighted by Crippen LogP contribution is -2.34. The third-order valence-electron chi connectivity index (χ3n) is 5.30. The first-order valence-corrected chi connectivity index (χ1v) is 13.2. The standard InChI is InChI=1S/C26H29N3O4S2/c1-3-29(4-2)35(31,32)24-16-12-22(13-17-24)27-26(34)28-25(30)21-10-14-23(15-11-21)33-19-18-20-8-6-5-7-9-20/h5-17H,3-4,18-19H2,1-2H3,(H2,27,28,30,34). The van der Waals surface area contributed by atoms with Crippen LogP contribution in [0.1, 0.15) is 29.8 Å². The SMILES string of the molecule is CCN(CC)S(=O)(=O)c1ccc(NC(=S)NC(=O)c2ccc(OCCc3ccccc3)cc2)cc1. The van der Waals surface area contributed by atoms with E-state index in [9.17, 15) is 13.2 Å². The van der Waals surface area contributed by atoms with Crippen LogP contribution < -0.4 is 15.4 Å². The molecule has 0 saturated carbocycles. The summed E-state index contributed by atoms with van der Waals surface area (Å²) in [5.41, 5.74) is 2.20. The van der Waals surface area contributed by atoms with Gasteiger partial charge >= 0.3 is 0 Å². The van der Waals surface area contributed by atoms with Crippen molar-refractivity contribution in [2.45, 2.75) is 25.2 Å². The number of rotatable bonds is 10. The lowest BCUT2D eigenvalue weighted by Gasteiger charge is -2.18. The molecule has 7 nitrogen and oxygen atoms in total. The largest absolute Gasteiger partial charge is 0.493 e. The van der Waals surface area contributed by atoms with Crippen LogP contribution in [0.4, 0.5) is 5.69 Å². The van der Waals surface area contributed by atoms with Gasteiger partial charge in [-0.2, -0.15) is 4.31 Å². The molecule has 0 bridgehead atoms. The fourth-order valence-corrected chi connectivity index (χ4v) is 5.06. The Morgan fingerprint density at radius 3 is 2.14 bits per heavy atom. The topological polar surface area (TPSA) is 87.7 Å². The van der Waals surface area contributed by atoms with Gasteiger partial charge in [0.05, 0.1) is 11.5 Å². The fourth-order valence-electron chi connectivity index (χ4n) is 3.39. The molecule has 0 unspecified atom stereocenters. The van der Waals surface area contributed by atoms with Crippen molar-refractivity contribution in [2.24, 2.45) is 0 Å². The lowest BCUT2D eigenvalue weighted by molar-refractivity contribution is 0.0977. The Balaban J connectivity index is 1.50. The van der Waals surface area contributed by atoms with Crippen LogP contribution in [0.15, 0.2) is 83.8 Å². The zero-order valence-corrected chi connectivity index (χ0v) is 21.4. The van der Waals surface area contributed by atoms with Crippen molar-refractivity contribution >= 4 is 38.9 Å². The minimum Gasteiger partial charge on any atom is -0.493 e. The number of hydrogen-bond acceptors (Lipinski definition) is 5. The minimum atomic E-state index is -3.53. The van der Waals surface area contributed by atoms with Crippen LogP contribution in [-0.2, 0) is 16.4 Å². The molecule has 0 radical (unpaired) electrons. The average molecular weight is 512 g/mol. The molecule has 3 aromatic rings. The van der Waals surface area contributed by atoms with Crippen LogP contribution in [0.25, 0.3) is 0 Å². The minimum absolute atomic E-state index is 0.109. The molecule has 0 heterocycles. The third kappa shape index (κ3) is 7.35. The van der Waals surface area contributed by atoms with Crippen molar-refractivity contribution in [3.05, 3.63) is 90.0 Å². The number of thiocarbonyl (C=S) groups is 1. The number of benzene rings is 3. The molecule has 9 heteroatoms. The summed E-state index contributed by atoms with van der Waals surface area (Å²) in [6, 6.07) is 23.1. The van der Waals surface area contributed by atoms with Gasteiger partial charge in [0.25, 0.3) is 5.91 Å². The highest BCUT2D eigenvalue weighted by molar-refractivity contribution is 7.89. The van der Waals surface area contributed by atoms with E-state index in [4.69, 9.17) is 17.0 Å². The Labute approximate surface area is 212 Å². The predicted molar refractivity (Wildman–Crippen MR) is 142 cm³/mol. The van der Waals surface area contributed by atoms with Crippen molar-refractivity contribution < 1.29 is 17.9 Å². The van der Waals surface area contributed by atoms with Crippen LogP contribution in [0.5, 0.6) is 5.75 Å². The maximum absolute atomic E-state index is 12.6. The van der Waals surface area contributed by atoms with Crippen molar-refractivity contribution in [1.82, 2.24) is 9.62 Å². The molecule has 184 valence electrons. The molecule has 3 aromatic carbocycles. The predicted octanol–water partition coefficient (Wildman–Crippen LogP) is 4.47. The molecule has 0 saturated heterocycles. The van der Waals surface area contributed by atoms with Crippen molar-refractivity contribution in [1.29, 1.82) is 0 Å². The summed E-state index contributed by atoms with van der Waals surface area (Å²) in [5, 5.41) is 5.63. The van der Waals surface area contributed by atoms with E-state index < -0.39 is 10.0 Å². The normalized spacial score (nSPS) is 11.2. The summed E-state index contributed by atoms with van der Waals surface area (Å²) in [6.07, 6.45) is 0.797. The van der Waals surface area contributed by atoms with Gasteiger partial charge in [-0.05, 0) is 66.3 Å². The number of nitrogens with zero attached hydrogens (tertiary/aromatic N) is 1. The Hall–Kier alpha value is -3.27. The van der Waals surface area contributed by atoms with Gasteiger partial charge < -0.3 is 10.1 Å². The molecule has 0 atom stereocenters. The Morgan fingerprint density at radius 1 is 0.914 bits per heavy atom. The molecule has 0 aliphatic carbocycles. The quantitative estimate of drug-likeness (QED) is 0.391. The maximum atomic E-state index is 12.6. The molecule has 0 fully saturated rings. The van der Waals surface area contributed by atoms with Gasteiger partial charge in [-0.15, -0.1) is 0 Å². The van der Waals surface area contributed by atoms with E-state index in [1.165, 1.54) is 22.0 Å². The van der Waals surface area contributed by atoms with Crippen molar-refractivity contribution in [3.63, 3.8) is 0 Å². The molecular weight excluding hydrogens is 482 g/mol. The number of sulfonamides is 1. The summed E-state index contributed by atoms with van der Waals surface area (Å²) in [6.45, 7) is 4.93. The maximum Gasteiger partial charge on any atom is 0.257 e. The van der Waals surface area contributed by atoms with E-state index in [1.54, 1.807) is 50.2 Å². The molecule has 0 aliphatic heterocycles. The lowest BCUT2D eigenvalue weighted by atomic mass is 10.2. The van der Waals surface area contributed by atoms with Crippen LogP contribution in [0.2, 0.25) is 0 Å². The second-order valence-corrected chi connectivity index (χ2v) is 9.98. The third-order valence-corrected chi connectivity index (χ3v) is 7.57. The Morgan fingerprint density at radius 2 is 1.54 bits per heavy atom. The second-order valence-electron chi connectivity index (χ2n) is 7.63. The highest BCUT2D eigenvalue weighted by atomic mass is 32.2. The summed E-state index contributed by atoms with van der Waals surface area (Å²) >= 11 is 5.23. The first-order valence-electron chi connectivity index (χ1n) is 11.3. The molecule has 2 N–H and O–H groups in total. The van der Waals surface area contributed by atoms with Crippen LogP contribution in [0, 0.1) is 0 Å². The first-order chi connectivity index (χ1) is 16.8. The van der Waals surface area contributed by atoms with Crippen molar-refractivity contribution in [3.8, 4) is 5.75 Å². The van der Waals surface area contributed by atoms with Gasteiger partial charge in [0, 0.05) is 30.8 Å². The van der Waals surface area contributed by atoms with Gasteiger partial charge in [-0.3, -0.25) is 10.1 Å². The van der Waals surface area contributed by atoms with Gasteiger partial charge in [0.2, 0.25) is 10.0 Å². The van der Waals surface area contributed by atoms with E-state index in [-0.39, 0.29) is 15.9 Å². The molecule has 0 aliphatic rings. The number of ether oxygens (including phenoxy) is 1. The summed E-state index contributed by atoms with van der Waals surface area (Å²) in [5.74, 6) is 0.317. The van der Waals surface area contributed by atoms with Gasteiger partial charge in [0.1, 0.15) is 5.75 Å². The Kier molecular flexibility index (Phi) is 9.36. The number of carbonyl (C=O) groups is 1. The number of amides is 1. The summed E-state index contributed by atoms with van der Waals surface area (Å²) in [4.78, 5) is 12.7. The smallest absolute Gasteiger partial charge is 0.257 e. The second kappa shape index (κ2) is 12.4. The first kappa shape index (κ1) is 26.3. The van der Waals surface area contributed by atoms with E-state index in [2.05, 4.69) is 22.8 Å². The monoisotopic (exact) mass is 511 g/mol. The number of hydrogen-bond donors (Lipinski definition) is 2. The highest BCUT2D eigenvalue weighted by Gasteiger charge is 2.21. The van der Waals surface area contributed by atoms with E-state index in [0.717, 1.165) is 6.42 Å². The average Bonchev–Trinajstić information content (AvgIpc) is 2.86. The van der Waals surface area contributed by atoms with Crippen LogP contribution in [0.3, 0.4) is 0 Å². The summed E-state index contributed by atoms with van der Waals surface area (Å²) < 4.78 is 32.3. The van der Waals surface area contributed by atoms with Gasteiger partial charge in [-0.1, -0.05) is 44.2 Å². The van der Waals surface area contributed by atoms with Crippen LogP contribution in [-0.4, -0.2) is 43.4 Å². The van der Waals surface area contributed by atoms with E-state index in [0.29, 0.717) is 36.7 Å². The van der Waals surface area contributed by atoms with Crippen LogP contribution >= 0.6 is 12.2 Å². The van der Waals surface area contributed by atoms with Gasteiger partial charge in [-0.25, -0.2) is 8.42 Å². The fraction of sp³-hybridized carbons (Fsp3) is 0.231. The van der Waals surface area contributed by atoms with Gasteiger partial charge in [0.15, 0.2) is 5.11 Å². The zero-order chi connectivity index (χ0) is 25.3. The Bertz CT molecular complexity index is 1230. The highest BCUT2D eigenvalue weighted by Crippen LogP contribution is 2.18. The number of nitrogens with one attached hydrogen (secondary N) is 2. The zero-order valence-electron chi connectivity index (χ0n) is 19.7. The molecule has 0 spiro atoms. The number of anilines is 1.